The normalized spacial score (nSPS) is 19.2. The van der Waals surface area contributed by atoms with Crippen LogP contribution >= 0.6 is 12.2 Å². The van der Waals surface area contributed by atoms with E-state index in [4.69, 9.17) is 18.0 Å². The molecule has 0 radical (unpaired) electrons. The monoisotopic (exact) mass is 278 g/mol. The molecule has 4 nitrogen and oxygen atoms in total. The molecule has 19 heavy (non-hydrogen) atoms. The number of amides is 1. The number of carbonyl (C=O) groups is 1. The average molecular weight is 278 g/mol. The van der Waals surface area contributed by atoms with Crippen molar-refractivity contribution < 1.29 is 9.90 Å². The molecule has 0 aliphatic carbocycles. The van der Waals surface area contributed by atoms with E-state index in [9.17, 15) is 9.90 Å². The lowest BCUT2D eigenvalue weighted by Gasteiger charge is -2.32. The molecule has 3 N–H and O–H groups in total. The highest BCUT2D eigenvalue weighted by Crippen LogP contribution is 2.22. The molecule has 1 aliphatic heterocycles. The first-order chi connectivity index (χ1) is 8.99. The van der Waals surface area contributed by atoms with Crippen molar-refractivity contribution in [3.63, 3.8) is 0 Å². The first kappa shape index (κ1) is 13.8. The summed E-state index contributed by atoms with van der Waals surface area (Å²) in [4.78, 5) is 14.7. The highest BCUT2D eigenvalue weighted by molar-refractivity contribution is 7.80. The molecule has 0 saturated carbocycles. The number of phenols is 1. The van der Waals surface area contributed by atoms with Crippen molar-refractivity contribution in [2.45, 2.75) is 19.8 Å². The van der Waals surface area contributed by atoms with Gasteiger partial charge in [-0.2, -0.15) is 0 Å². The first-order valence-electron chi connectivity index (χ1n) is 6.37. The molecule has 0 spiro atoms. The summed E-state index contributed by atoms with van der Waals surface area (Å²) >= 11 is 5.02. The Morgan fingerprint density at radius 1 is 1.53 bits per heavy atom. The number of piperidine rings is 1. The molecule has 1 amide bonds. The Balaban J connectivity index is 2.17. The van der Waals surface area contributed by atoms with Gasteiger partial charge in [-0.05, 0) is 43.5 Å². The lowest BCUT2D eigenvalue weighted by molar-refractivity contribution is 0.0703. The minimum absolute atomic E-state index is 0.0153. The van der Waals surface area contributed by atoms with Gasteiger partial charge in [0.2, 0.25) is 0 Å². The van der Waals surface area contributed by atoms with E-state index in [-0.39, 0.29) is 17.6 Å². The maximum Gasteiger partial charge on any atom is 0.254 e. The van der Waals surface area contributed by atoms with Crippen LogP contribution in [-0.4, -0.2) is 34.0 Å². The summed E-state index contributed by atoms with van der Waals surface area (Å²) in [5.41, 5.74) is 7.08. The molecular weight excluding hydrogens is 260 g/mol. The number of aryl methyl sites for hydroxylation is 1. The van der Waals surface area contributed by atoms with Crippen molar-refractivity contribution >= 4 is 23.1 Å². The zero-order chi connectivity index (χ0) is 14.0. The van der Waals surface area contributed by atoms with Gasteiger partial charge in [-0.15, -0.1) is 0 Å². The van der Waals surface area contributed by atoms with Crippen LogP contribution in [0.3, 0.4) is 0 Å². The van der Waals surface area contributed by atoms with Crippen LogP contribution in [0.15, 0.2) is 18.2 Å². The van der Waals surface area contributed by atoms with Crippen LogP contribution in [-0.2, 0) is 0 Å². The number of carbonyl (C=O) groups excluding carboxylic acids is 1. The number of thiocarbonyl (C=S) groups is 1. The van der Waals surface area contributed by atoms with E-state index < -0.39 is 0 Å². The molecule has 1 aliphatic rings. The summed E-state index contributed by atoms with van der Waals surface area (Å²) in [5, 5.41) is 9.39. The molecule has 1 heterocycles. The summed E-state index contributed by atoms with van der Waals surface area (Å²) in [6, 6.07) is 4.80. The van der Waals surface area contributed by atoms with Gasteiger partial charge >= 0.3 is 0 Å². The molecule has 1 unspecified atom stereocenters. The van der Waals surface area contributed by atoms with Crippen molar-refractivity contribution in [3.05, 3.63) is 29.3 Å². The number of phenolic OH excluding ortho intramolecular Hbond substituents is 1. The van der Waals surface area contributed by atoms with Crippen LogP contribution in [0.4, 0.5) is 0 Å². The largest absolute Gasteiger partial charge is 0.508 e. The highest BCUT2D eigenvalue weighted by atomic mass is 32.1. The van der Waals surface area contributed by atoms with E-state index in [2.05, 4.69) is 0 Å². The quantitative estimate of drug-likeness (QED) is 0.810. The number of hydrogen-bond donors (Lipinski definition) is 2. The molecule has 1 aromatic carbocycles. The lowest BCUT2D eigenvalue weighted by Crippen LogP contribution is -2.43. The predicted octanol–water partition coefficient (Wildman–Crippen LogP) is 1.84. The molecule has 0 aromatic heterocycles. The fraction of sp³-hybridized carbons (Fsp3) is 0.429. The van der Waals surface area contributed by atoms with Gasteiger partial charge in [-0.3, -0.25) is 4.79 Å². The van der Waals surface area contributed by atoms with E-state index in [1.807, 2.05) is 6.92 Å². The maximum atomic E-state index is 12.5. The summed E-state index contributed by atoms with van der Waals surface area (Å²) in [6.07, 6.45) is 1.87. The predicted molar refractivity (Wildman–Crippen MR) is 78.3 cm³/mol. The van der Waals surface area contributed by atoms with Crippen LogP contribution in [0, 0.1) is 12.8 Å². The number of hydrogen-bond acceptors (Lipinski definition) is 3. The van der Waals surface area contributed by atoms with E-state index in [0.717, 1.165) is 24.9 Å². The number of benzene rings is 1. The van der Waals surface area contributed by atoms with E-state index in [0.29, 0.717) is 17.1 Å². The fourth-order valence-corrected chi connectivity index (χ4v) is 2.64. The lowest BCUT2D eigenvalue weighted by atomic mass is 9.97. The standard InChI is InChI=1S/C14H18N2O2S/c1-9-7-11(17)4-5-12(9)14(18)16-6-2-3-10(8-16)13(15)19/h4-5,7,10,17H,2-3,6,8H2,1H3,(H2,15,19). The van der Waals surface area contributed by atoms with E-state index in [1.54, 1.807) is 17.0 Å². The van der Waals surface area contributed by atoms with Crippen molar-refractivity contribution in [2.75, 3.05) is 13.1 Å². The number of nitrogens with zero attached hydrogens (tertiary/aromatic N) is 1. The number of nitrogens with two attached hydrogens (primary N) is 1. The molecule has 102 valence electrons. The summed E-state index contributed by atoms with van der Waals surface area (Å²) in [6.45, 7) is 3.15. The SMILES string of the molecule is Cc1cc(O)ccc1C(=O)N1CCCC(C(N)=S)C1. The molecule has 1 atom stereocenters. The van der Waals surface area contributed by atoms with Gasteiger partial charge in [-0.25, -0.2) is 0 Å². The van der Waals surface area contributed by atoms with Crippen molar-refractivity contribution in [1.29, 1.82) is 0 Å². The molecule has 1 aromatic rings. The minimum atomic E-state index is -0.0153. The Bertz CT molecular complexity index is 516. The summed E-state index contributed by atoms with van der Waals surface area (Å²) < 4.78 is 0. The van der Waals surface area contributed by atoms with Crippen LogP contribution in [0.1, 0.15) is 28.8 Å². The van der Waals surface area contributed by atoms with Crippen molar-refractivity contribution in [3.8, 4) is 5.75 Å². The molecule has 2 rings (SSSR count). The van der Waals surface area contributed by atoms with Crippen LogP contribution in [0.5, 0.6) is 5.75 Å². The van der Waals surface area contributed by atoms with Crippen LogP contribution < -0.4 is 5.73 Å². The molecule has 0 bridgehead atoms. The van der Waals surface area contributed by atoms with Gasteiger partial charge in [-0.1, -0.05) is 12.2 Å². The zero-order valence-electron chi connectivity index (χ0n) is 10.9. The Kier molecular flexibility index (Phi) is 4.04. The average Bonchev–Trinajstić information content (AvgIpc) is 2.38. The topological polar surface area (TPSA) is 66.6 Å². The van der Waals surface area contributed by atoms with Gasteiger partial charge in [0, 0.05) is 24.6 Å². The Labute approximate surface area is 118 Å². The first-order valence-corrected chi connectivity index (χ1v) is 6.78. The Hall–Kier alpha value is -1.62. The second kappa shape index (κ2) is 5.57. The number of rotatable bonds is 2. The van der Waals surface area contributed by atoms with Gasteiger partial charge < -0.3 is 15.7 Å². The van der Waals surface area contributed by atoms with Gasteiger partial charge in [0.15, 0.2) is 0 Å². The van der Waals surface area contributed by atoms with E-state index >= 15 is 0 Å². The second-order valence-electron chi connectivity index (χ2n) is 4.99. The van der Waals surface area contributed by atoms with Crippen molar-refractivity contribution in [1.82, 2.24) is 4.90 Å². The molecule has 5 heteroatoms. The van der Waals surface area contributed by atoms with Crippen LogP contribution in [0.2, 0.25) is 0 Å². The van der Waals surface area contributed by atoms with Crippen molar-refractivity contribution in [2.24, 2.45) is 11.7 Å². The van der Waals surface area contributed by atoms with Gasteiger partial charge in [0.05, 0.1) is 4.99 Å². The zero-order valence-corrected chi connectivity index (χ0v) is 11.7. The van der Waals surface area contributed by atoms with E-state index in [1.165, 1.54) is 6.07 Å². The fourth-order valence-electron chi connectivity index (χ4n) is 2.45. The maximum absolute atomic E-state index is 12.5. The number of aromatic hydroxyl groups is 1. The Morgan fingerprint density at radius 3 is 2.89 bits per heavy atom. The minimum Gasteiger partial charge on any atom is -0.508 e. The third-order valence-corrected chi connectivity index (χ3v) is 3.88. The van der Waals surface area contributed by atoms with Gasteiger partial charge in [0.25, 0.3) is 5.91 Å². The summed E-state index contributed by atoms with van der Waals surface area (Å²) in [7, 11) is 0. The second-order valence-corrected chi connectivity index (χ2v) is 5.46. The third-order valence-electron chi connectivity index (χ3n) is 3.55. The molecular formula is C14H18N2O2S. The summed E-state index contributed by atoms with van der Waals surface area (Å²) in [5.74, 6) is 0.275. The molecule has 1 saturated heterocycles. The number of likely N-dealkylation sites (tertiary alicyclic amines) is 1. The smallest absolute Gasteiger partial charge is 0.254 e. The Morgan fingerprint density at radius 2 is 2.26 bits per heavy atom. The van der Waals surface area contributed by atoms with Gasteiger partial charge in [0.1, 0.15) is 5.75 Å². The highest BCUT2D eigenvalue weighted by Gasteiger charge is 2.26. The third kappa shape index (κ3) is 3.04. The van der Waals surface area contributed by atoms with Crippen LogP contribution in [0.25, 0.3) is 0 Å². The molecule has 1 fully saturated rings.